The van der Waals surface area contributed by atoms with Crippen molar-refractivity contribution in [2.45, 2.75) is 9.79 Å². The van der Waals surface area contributed by atoms with Crippen LogP contribution in [0.25, 0.3) is 0 Å². The van der Waals surface area contributed by atoms with Gasteiger partial charge in [0.15, 0.2) is 5.78 Å². The second kappa shape index (κ2) is 7.29. The first kappa shape index (κ1) is 14.9. The van der Waals surface area contributed by atoms with Gasteiger partial charge in [-0.2, -0.15) is 0 Å². The minimum atomic E-state index is 0.0255. The summed E-state index contributed by atoms with van der Waals surface area (Å²) in [6.07, 6.45) is 5.18. The summed E-state index contributed by atoms with van der Waals surface area (Å²) in [7, 11) is 0. The molecule has 0 aromatic heterocycles. The van der Waals surface area contributed by atoms with Crippen molar-refractivity contribution < 1.29 is 4.79 Å². The maximum Gasteiger partial charge on any atom is 0.192 e. The van der Waals surface area contributed by atoms with E-state index in [0.717, 1.165) is 15.5 Å². The van der Waals surface area contributed by atoms with Crippen molar-refractivity contribution in [1.82, 2.24) is 0 Å². The molecule has 4 heteroatoms. The van der Waals surface area contributed by atoms with Gasteiger partial charge in [0, 0.05) is 21.7 Å². The Kier molecular flexibility index (Phi) is 4.93. The normalized spacial score (nSPS) is 15.9. The van der Waals surface area contributed by atoms with E-state index in [2.05, 4.69) is 4.40 Å². The molecule has 0 heterocycles. The molecular weight excluding hydrogens is 310 g/mol. The van der Waals surface area contributed by atoms with Crippen LogP contribution in [0.1, 0.15) is 0 Å². The summed E-state index contributed by atoms with van der Waals surface area (Å²) in [5.41, 5.74) is 0.798. The lowest BCUT2D eigenvalue weighted by molar-refractivity contribution is -0.110. The summed E-state index contributed by atoms with van der Waals surface area (Å²) in [4.78, 5) is 14.8. The molecule has 0 saturated carbocycles. The van der Waals surface area contributed by atoms with Gasteiger partial charge in [-0.25, -0.2) is 4.40 Å². The average molecular weight is 323 g/mol. The molecule has 1 aliphatic rings. The smallest absolute Gasteiger partial charge is 0.192 e. The van der Waals surface area contributed by atoms with Crippen LogP contribution in [0.2, 0.25) is 0 Å². The standard InChI is InChI=1S/C18H13NOS2/c20-17-12-11-14(19-22-16-9-5-2-6-10-16)13-18(17)21-15-7-3-1-4-8-15/h1-13H. The molecule has 0 bridgehead atoms. The van der Waals surface area contributed by atoms with Crippen molar-refractivity contribution in [1.29, 1.82) is 0 Å². The first-order valence-electron chi connectivity index (χ1n) is 6.78. The van der Waals surface area contributed by atoms with Crippen LogP contribution in [-0.4, -0.2) is 11.5 Å². The van der Waals surface area contributed by atoms with Crippen LogP contribution in [0.4, 0.5) is 0 Å². The Labute approximate surface area is 138 Å². The lowest BCUT2D eigenvalue weighted by Crippen LogP contribution is -2.04. The summed E-state index contributed by atoms with van der Waals surface area (Å²) >= 11 is 2.88. The van der Waals surface area contributed by atoms with Gasteiger partial charge in [0.05, 0.1) is 10.6 Å². The lowest BCUT2D eigenvalue weighted by atomic mass is 10.2. The molecule has 2 nitrogen and oxygen atoms in total. The Bertz CT molecular complexity index is 749. The zero-order chi connectivity index (χ0) is 15.2. The number of hydrogen-bond donors (Lipinski definition) is 0. The second-order valence-corrected chi connectivity index (χ2v) is 6.49. The molecule has 108 valence electrons. The number of benzene rings is 2. The monoisotopic (exact) mass is 323 g/mol. The summed E-state index contributed by atoms with van der Waals surface area (Å²) in [5.74, 6) is 0.0255. The van der Waals surface area contributed by atoms with Crippen molar-refractivity contribution in [3.05, 3.63) is 83.8 Å². The number of thioether (sulfide) groups is 1. The molecule has 22 heavy (non-hydrogen) atoms. The molecule has 0 saturated heterocycles. The summed E-state index contributed by atoms with van der Waals surface area (Å²) < 4.78 is 4.48. The minimum absolute atomic E-state index is 0.0255. The van der Waals surface area contributed by atoms with Crippen molar-refractivity contribution in [2.24, 2.45) is 4.40 Å². The number of ketones is 1. The quantitative estimate of drug-likeness (QED) is 0.589. The van der Waals surface area contributed by atoms with E-state index < -0.39 is 0 Å². The SMILES string of the molecule is O=C1C=CC(=NSc2ccccc2)C=C1Sc1ccccc1. The Morgan fingerprint density at radius 3 is 2.09 bits per heavy atom. The van der Waals surface area contributed by atoms with Gasteiger partial charge in [0.1, 0.15) is 0 Å². The number of rotatable bonds is 4. The van der Waals surface area contributed by atoms with E-state index in [0.29, 0.717) is 4.91 Å². The molecule has 0 radical (unpaired) electrons. The molecule has 0 N–H and O–H groups in total. The van der Waals surface area contributed by atoms with Crippen molar-refractivity contribution >= 4 is 35.2 Å². The topological polar surface area (TPSA) is 29.4 Å². The van der Waals surface area contributed by atoms with Crippen molar-refractivity contribution in [3.8, 4) is 0 Å². The fraction of sp³-hybridized carbons (Fsp3) is 0. The highest BCUT2D eigenvalue weighted by molar-refractivity contribution is 8.04. The molecule has 1 aliphatic carbocycles. The van der Waals surface area contributed by atoms with Gasteiger partial charge in [-0.3, -0.25) is 4.79 Å². The van der Waals surface area contributed by atoms with E-state index in [1.165, 1.54) is 23.7 Å². The zero-order valence-corrected chi connectivity index (χ0v) is 13.3. The van der Waals surface area contributed by atoms with Crippen molar-refractivity contribution in [2.75, 3.05) is 0 Å². The van der Waals surface area contributed by atoms with Crippen LogP contribution >= 0.6 is 23.7 Å². The Morgan fingerprint density at radius 1 is 0.773 bits per heavy atom. The predicted octanol–water partition coefficient (Wildman–Crippen LogP) is 4.95. The summed E-state index contributed by atoms with van der Waals surface area (Å²) in [6.45, 7) is 0. The molecule has 0 spiro atoms. The third-order valence-corrected chi connectivity index (χ3v) is 4.73. The molecule has 2 aromatic rings. The molecule has 3 rings (SSSR count). The summed E-state index contributed by atoms with van der Waals surface area (Å²) in [5, 5.41) is 0. The summed E-state index contributed by atoms with van der Waals surface area (Å²) in [6, 6.07) is 19.8. The van der Waals surface area contributed by atoms with Gasteiger partial charge >= 0.3 is 0 Å². The van der Waals surface area contributed by atoms with E-state index >= 15 is 0 Å². The third kappa shape index (κ3) is 4.00. The molecule has 2 aromatic carbocycles. The van der Waals surface area contributed by atoms with Gasteiger partial charge in [-0.1, -0.05) is 48.2 Å². The second-order valence-electron chi connectivity index (χ2n) is 4.54. The van der Waals surface area contributed by atoms with E-state index in [9.17, 15) is 4.79 Å². The highest BCUT2D eigenvalue weighted by Crippen LogP contribution is 2.29. The van der Waals surface area contributed by atoms with E-state index in [4.69, 9.17) is 0 Å². The fourth-order valence-corrected chi connectivity index (χ4v) is 3.33. The van der Waals surface area contributed by atoms with Gasteiger partial charge in [0.25, 0.3) is 0 Å². The predicted molar refractivity (Wildman–Crippen MR) is 94.3 cm³/mol. The highest BCUT2D eigenvalue weighted by Gasteiger charge is 2.13. The molecular formula is C18H13NOS2. The van der Waals surface area contributed by atoms with E-state index in [-0.39, 0.29) is 5.78 Å². The van der Waals surface area contributed by atoms with Crippen LogP contribution in [-0.2, 0) is 4.79 Å². The molecule has 0 amide bonds. The van der Waals surface area contributed by atoms with Gasteiger partial charge < -0.3 is 0 Å². The van der Waals surface area contributed by atoms with E-state index in [1.54, 1.807) is 12.2 Å². The van der Waals surface area contributed by atoms with E-state index in [1.807, 2.05) is 66.7 Å². The molecule has 0 unspecified atom stereocenters. The fourth-order valence-electron chi connectivity index (χ4n) is 1.84. The van der Waals surface area contributed by atoms with Crippen LogP contribution in [0.15, 0.2) is 98.0 Å². The zero-order valence-electron chi connectivity index (χ0n) is 11.7. The Hall–Kier alpha value is -2.04. The number of carbonyl (C=O) groups is 1. The lowest BCUT2D eigenvalue weighted by Gasteiger charge is -2.08. The number of allylic oxidation sites excluding steroid dienone is 4. The Morgan fingerprint density at radius 2 is 1.41 bits per heavy atom. The van der Waals surface area contributed by atoms with Crippen molar-refractivity contribution in [3.63, 3.8) is 0 Å². The molecule has 0 aliphatic heterocycles. The van der Waals surface area contributed by atoms with Gasteiger partial charge in [-0.15, -0.1) is 0 Å². The first-order chi connectivity index (χ1) is 10.8. The first-order valence-corrected chi connectivity index (χ1v) is 8.37. The molecule has 0 atom stereocenters. The van der Waals surface area contributed by atoms with Crippen LogP contribution in [0, 0.1) is 0 Å². The van der Waals surface area contributed by atoms with Gasteiger partial charge in [0.2, 0.25) is 0 Å². The van der Waals surface area contributed by atoms with Gasteiger partial charge in [-0.05, 0) is 42.5 Å². The largest absolute Gasteiger partial charge is 0.289 e. The number of nitrogens with zero attached hydrogens (tertiary/aromatic N) is 1. The maximum absolute atomic E-state index is 12.0. The number of carbonyl (C=O) groups excluding carboxylic acids is 1. The highest BCUT2D eigenvalue weighted by atomic mass is 32.2. The van der Waals surface area contributed by atoms with Crippen LogP contribution in [0.3, 0.4) is 0 Å². The average Bonchev–Trinajstić information content (AvgIpc) is 2.57. The van der Waals surface area contributed by atoms with Crippen LogP contribution in [0.5, 0.6) is 0 Å². The number of hydrogen-bond acceptors (Lipinski definition) is 4. The maximum atomic E-state index is 12.0. The third-order valence-electron chi connectivity index (χ3n) is 2.90. The van der Waals surface area contributed by atoms with Crippen LogP contribution < -0.4 is 0 Å². The minimum Gasteiger partial charge on any atom is -0.289 e. The Balaban J connectivity index is 1.75. The molecule has 0 fully saturated rings.